The predicted octanol–water partition coefficient (Wildman–Crippen LogP) is 14.4. The van der Waals surface area contributed by atoms with Crippen molar-refractivity contribution in [3.63, 3.8) is 0 Å². The Morgan fingerprint density at radius 3 is 1.76 bits per heavy atom. The van der Waals surface area contributed by atoms with Crippen molar-refractivity contribution in [2.45, 2.75) is 56.8 Å². The van der Waals surface area contributed by atoms with Gasteiger partial charge in [0.25, 0.3) is 0 Å². The van der Waals surface area contributed by atoms with E-state index in [1.807, 2.05) is 0 Å². The van der Waals surface area contributed by atoms with Crippen LogP contribution in [0, 0.1) is 23.7 Å². The van der Waals surface area contributed by atoms with Gasteiger partial charge in [-0.1, -0.05) is 105 Å². The summed E-state index contributed by atoms with van der Waals surface area (Å²) in [6.07, 6.45) is 6.83. The lowest BCUT2D eigenvalue weighted by atomic mass is 9.42. The van der Waals surface area contributed by atoms with Crippen molar-refractivity contribution in [1.82, 2.24) is 4.57 Å². The average molecular weight is 751 g/mol. The number of hydrogen-bond acceptors (Lipinski definition) is 2. The zero-order chi connectivity index (χ0) is 38.3. The summed E-state index contributed by atoms with van der Waals surface area (Å²) < 4.78 is 9.45. The molecule has 0 saturated heterocycles. The van der Waals surface area contributed by atoms with E-state index in [2.05, 4.69) is 181 Å². The van der Waals surface area contributed by atoms with E-state index in [9.17, 15) is 0 Å². The summed E-state index contributed by atoms with van der Waals surface area (Å²) in [5.41, 5.74) is 15.2. The number of nitrogens with zero attached hydrogens (tertiary/aromatic N) is 2. The summed E-state index contributed by atoms with van der Waals surface area (Å²) in [7, 11) is 0. The third kappa shape index (κ3) is 4.34. The molecule has 5 aliphatic carbocycles. The third-order valence-electron chi connectivity index (χ3n) is 15.4. The molecule has 0 unspecified atom stereocenters. The predicted molar refractivity (Wildman–Crippen MR) is 237 cm³/mol. The van der Waals surface area contributed by atoms with Crippen LogP contribution in [0.4, 0.5) is 17.1 Å². The van der Waals surface area contributed by atoms with Crippen LogP contribution in [0.1, 0.15) is 68.2 Å². The maximum atomic E-state index is 7.04. The zero-order valence-electron chi connectivity index (χ0n) is 33.2. The smallest absolute Gasteiger partial charge is 0.133 e. The largest absolute Gasteiger partial charge is 0.457 e. The van der Waals surface area contributed by atoms with E-state index in [1.165, 1.54) is 87.3 Å². The van der Waals surface area contributed by atoms with Gasteiger partial charge in [-0.15, -0.1) is 0 Å². The fourth-order valence-corrected chi connectivity index (χ4v) is 13.3. The first-order valence-electron chi connectivity index (χ1n) is 21.5. The number of aromatic nitrogens is 1. The Kier molecular flexibility index (Phi) is 6.68. The van der Waals surface area contributed by atoms with E-state index in [4.69, 9.17) is 4.74 Å². The van der Waals surface area contributed by atoms with Gasteiger partial charge in [0.05, 0.1) is 11.0 Å². The van der Waals surface area contributed by atoms with Gasteiger partial charge < -0.3 is 14.2 Å². The highest BCUT2D eigenvalue weighted by molar-refractivity contribution is 6.09. The molecule has 4 bridgehead atoms. The monoisotopic (exact) mass is 750 g/mol. The van der Waals surface area contributed by atoms with E-state index in [0.29, 0.717) is 11.8 Å². The van der Waals surface area contributed by atoms with Crippen molar-refractivity contribution in [3.8, 4) is 28.3 Å². The van der Waals surface area contributed by atoms with Crippen LogP contribution in [0.15, 0.2) is 158 Å². The molecule has 0 amide bonds. The molecule has 4 saturated carbocycles. The van der Waals surface area contributed by atoms with Gasteiger partial charge in [0, 0.05) is 61.5 Å². The van der Waals surface area contributed by atoms with E-state index in [1.54, 1.807) is 0 Å². The molecule has 282 valence electrons. The van der Waals surface area contributed by atoms with Gasteiger partial charge in [-0.2, -0.15) is 0 Å². The van der Waals surface area contributed by atoms with Crippen LogP contribution in [-0.2, 0) is 10.8 Å². The summed E-state index contributed by atoms with van der Waals surface area (Å²) in [6, 6.07) is 59.0. The molecule has 58 heavy (non-hydrogen) atoms. The topological polar surface area (TPSA) is 17.4 Å². The Morgan fingerprint density at radius 2 is 1.03 bits per heavy atom. The molecule has 14 rings (SSSR count). The maximum absolute atomic E-state index is 7.04. The third-order valence-corrected chi connectivity index (χ3v) is 15.4. The second-order valence-electron chi connectivity index (χ2n) is 18.6. The van der Waals surface area contributed by atoms with Gasteiger partial charge in [-0.3, -0.25) is 0 Å². The van der Waals surface area contributed by atoms with E-state index in [0.717, 1.165) is 46.1 Å². The molecule has 7 aromatic carbocycles. The van der Waals surface area contributed by atoms with Gasteiger partial charge in [-0.25, -0.2) is 0 Å². The van der Waals surface area contributed by atoms with Gasteiger partial charge in [0.1, 0.15) is 11.5 Å². The maximum Gasteiger partial charge on any atom is 0.133 e. The highest BCUT2D eigenvalue weighted by Gasteiger charge is 2.61. The molecule has 2 heterocycles. The van der Waals surface area contributed by atoms with Crippen molar-refractivity contribution in [2.75, 3.05) is 4.90 Å². The summed E-state index contributed by atoms with van der Waals surface area (Å²) >= 11 is 0. The number of rotatable bonds is 4. The quantitative estimate of drug-likeness (QED) is 0.178. The van der Waals surface area contributed by atoms with E-state index >= 15 is 0 Å². The fraction of sp³-hybridized carbons (Fsp3) is 0.236. The van der Waals surface area contributed by atoms with Crippen molar-refractivity contribution in [1.29, 1.82) is 0 Å². The molecule has 0 atom stereocenters. The van der Waals surface area contributed by atoms with E-state index < -0.39 is 0 Å². The molecule has 8 aromatic rings. The molecule has 4 fully saturated rings. The standard InChI is InChI=1S/C55H46N2O/c1-54(2)46-14-6-3-11-42(46)43-25-23-40(32-49(43)54)56(38-19-21-39(22-20-38)57-50-16-8-4-12-44(50)45-13-5-9-17-51(45)57)41-24-26-48-53(33-41)58-52-18-10-7-15-47(52)55(48)36-28-34-27-35(30-36)31-37(55)29-34/h3-26,32-37H,27-31H2,1-2H3. The first-order chi connectivity index (χ1) is 28.5. The van der Waals surface area contributed by atoms with Gasteiger partial charge in [0.2, 0.25) is 0 Å². The summed E-state index contributed by atoms with van der Waals surface area (Å²) in [6.45, 7) is 4.75. The van der Waals surface area contributed by atoms with Crippen LogP contribution < -0.4 is 9.64 Å². The number of hydrogen-bond donors (Lipinski definition) is 0. The molecule has 3 nitrogen and oxygen atoms in total. The minimum atomic E-state index is -0.109. The van der Waals surface area contributed by atoms with Crippen molar-refractivity contribution in [3.05, 3.63) is 180 Å². The van der Waals surface area contributed by atoms with Crippen LogP contribution >= 0.6 is 0 Å². The lowest BCUT2D eigenvalue weighted by Gasteiger charge is -2.63. The number of benzene rings is 7. The normalized spacial score (nSPS) is 24.0. The average Bonchev–Trinajstić information content (AvgIpc) is 3.70. The second-order valence-corrected chi connectivity index (χ2v) is 18.6. The highest BCUT2D eigenvalue weighted by Crippen LogP contribution is 2.69. The number of fused-ring (bicyclic) bond motifs is 8. The Bertz CT molecular complexity index is 2900. The van der Waals surface area contributed by atoms with Crippen LogP contribution in [0.3, 0.4) is 0 Å². The lowest BCUT2D eigenvalue weighted by molar-refractivity contribution is -0.0452. The summed E-state index contributed by atoms with van der Waals surface area (Å²) in [5, 5.41) is 2.55. The van der Waals surface area contributed by atoms with Crippen LogP contribution in [0.5, 0.6) is 11.5 Å². The molecule has 6 aliphatic rings. The van der Waals surface area contributed by atoms with Crippen LogP contribution in [-0.4, -0.2) is 4.57 Å². The second kappa shape index (κ2) is 11.8. The summed E-state index contributed by atoms with van der Waals surface area (Å²) in [5.74, 6) is 5.21. The highest BCUT2D eigenvalue weighted by atomic mass is 16.5. The number of ether oxygens (including phenoxy) is 1. The molecule has 1 spiro atoms. The van der Waals surface area contributed by atoms with E-state index in [-0.39, 0.29) is 10.8 Å². The van der Waals surface area contributed by atoms with Gasteiger partial charge in [-0.05, 0) is 139 Å². The summed E-state index contributed by atoms with van der Waals surface area (Å²) in [4.78, 5) is 2.46. The SMILES string of the molecule is CC1(C)c2ccccc2-c2ccc(N(c3ccc(-n4c5ccccc5c5ccccc54)cc3)c3ccc4c(c3)Oc3ccccc3C43C4CC5CC(C4)CC3C5)cc21. The number of anilines is 3. The first kappa shape index (κ1) is 33.0. The Labute approximate surface area is 340 Å². The van der Waals surface area contributed by atoms with Gasteiger partial charge in [0.15, 0.2) is 0 Å². The molecular weight excluding hydrogens is 705 g/mol. The van der Waals surface area contributed by atoms with Crippen molar-refractivity contribution >= 4 is 38.9 Å². The molecule has 3 heteroatoms. The van der Waals surface area contributed by atoms with Crippen LogP contribution in [0.25, 0.3) is 38.6 Å². The Morgan fingerprint density at radius 1 is 0.483 bits per heavy atom. The molecular formula is C55H46N2O. The molecule has 0 N–H and O–H groups in total. The molecule has 1 aliphatic heterocycles. The lowest BCUT2D eigenvalue weighted by Crippen LogP contribution is -2.56. The van der Waals surface area contributed by atoms with Crippen LogP contribution in [0.2, 0.25) is 0 Å². The Balaban J connectivity index is 0.987. The minimum absolute atomic E-state index is 0.0221. The van der Waals surface area contributed by atoms with Crippen molar-refractivity contribution in [2.24, 2.45) is 23.7 Å². The minimum Gasteiger partial charge on any atom is -0.457 e. The number of para-hydroxylation sites is 3. The molecule has 1 aromatic heterocycles. The van der Waals surface area contributed by atoms with Crippen molar-refractivity contribution < 1.29 is 4.74 Å². The first-order valence-corrected chi connectivity index (χ1v) is 21.5. The zero-order valence-corrected chi connectivity index (χ0v) is 33.2. The molecule has 0 radical (unpaired) electrons. The fourth-order valence-electron chi connectivity index (χ4n) is 13.3. The van der Waals surface area contributed by atoms with Gasteiger partial charge >= 0.3 is 0 Å². The Hall–Kier alpha value is -6.06.